The van der Waals surface area contributed by atoms with Crippen LogP contribution in [0.15, 0.2) is 94.3 Å². The SMILES string of the molecule is Clc1ccc(N=c2oc3ccccc3cc2-c2ccccc2)cc1. The molecule has 3 heteroatoms. The van der Waals surface area contributed by atoms with Gasteiger partial charge in [-0.05, 0) is 42.0 Å². The van der Waals surface area contributed by atoms with Gasteiger partial charge in [0.2, 0.25) is 5.55 Å². The first-order valence-corrected chi connectivity index (χ1v) is 8.06. The maximum atomic E-state index is 6.08. The minimum atomic E-state index is 0.585. The van der Waals surface area contributed by atoms with Crippen LogP contribution in [-0.2, 0) is 0 Å². The van der Waals surface area contributed by atoms with Crippen LogP contribution in [0.4, 0.5) is 5.69 Å². The van der Waals surface area contributed by atoms with E-state index in [1.54, 1.807) is 0 Å². The normalized spacial score (nSPS) is 11.8. The average molecular weight is 332 g/mol. The number of fused-ring (bicyclic) bond motifs is 1. The van der Waals surface area contributed by atoms with Gasteiger partial charge in [0.05, 0.1) is 5.69 Å². The highest BCUT2D eigenvalue weighted by atomic mass is 35.5. The number of rotatable bonds is 2. The van der Waals surface area contributed by atoms with E-state index in [1.165, 1.54) is 0 Å². The lowest BCUT2D eigenvalue weighted by molar-refractivity contribution is 0.547. The van der Waals surface area contributed by atoms with E-state index in [0.717, 1.165) is 27.8 Å². The maximum absolute atomic E-state index is 6.08. The molecule has 0 aliphatic rings. The van der Waals surface area contributed by atoms with Crippen LogP contribution in [-0.4, -0.2) is 0 Å². The summed E-state index contributed by atoms with van der Waals surface area (Å²) in [6.07, 6.45) is 0. The van der Waals surface area contributed by atoms with Crippen LogP contribution in [0, 0.1) is 0 Å². The summed E-state index contributed by atoms with van der Waals surface area (Å²) in [6, 6.07) is 27.6. The van der Waals surface area contributed by atoms with Gasteiger partial charge in [0.25, 0.3) is 0 Å². The minimum absolute atomic E-state index is 0.585. The highest BCUT2D eigenvalue weighted by Crippen LogP contribution is 2.22. The molecule has 0 bridgehead atoms. The summed E-state index contributed by atoms with van der Waals surface area (Å²) in [5.41, 5.74) is 4.23. The largest absolute Gasteiger partial charge is 0.438 e. The molecular formula is C21H14ClNO. The fourth-order valence-corrected chi connectivity index (χ4v) is 2.74. The predicted molar refractivity (Wildman–Crippen MR) is 98.3 cm³/mol. The van der Waals surface area contributed by atoms with E-state index in [4.69, 9.17) is 16.0 Å². The number of benzene rings is 3. The number of para-hydroxylation sites is 1. The number of hydrogen-bond donors (Lipinski definition) is 0. The third-order valence-corrected chi connectivity index (χ3v) is 4.05. The van der Waals surface area contributed by atoms with Crippen molar-refractivity contribution in [1.29, 1.82) is 0 Å². The zero-order chi connectivity index (χ0) is 16.4. The molecule has 116 valence electrons. The van der Waals surface area contributed by atoms with Gasteiger partial charge >= 0.3 is 0 Å². The Bertz CT molecular complexity index is 1050. The van der Waals surface area contributed by atoms with Gasteiger partial charge in [0.15, 0.2) is 0 Å². The first-order valence-electron chi connectivity index (χ1n) is 7.68. The lowest BCUT2D eigenvalue weighted by Crippen LogP contribution is -2.05. The highest BCUT2D eigenvalue weighted by molar-refractivity contribution is 6.30. The predicted octanol–water partition coefficient (Wildman–Crippen LogP) is 5.99. The molecule has 0 radical (unpaired) electrons. The monoisotopic (exact) mass is 331 g/mol. The van der Waals surface area contributed by atoms with E-state index in [1.807, 2.05) is 66.7 Å². The van der Waals surface area contributed by atoms with Crippen LogP contribution in [0.3, 0.4) is 0 Å². The number of hydrogen-bond acceptors (Lipinski definition) is 2. The van der Waals surface area contributed by atoms with Crippen molar-refractivity contribution in [2.75, 3.05) is 0 Å². The smallest absolute Gasteiger partial charge is 0.227 e. The van der Waals surface area contributed by atoms with Crippen LogP contribution in [0.2, 0.25) is 5.02 Å². The van der Waals surface area contributed by atoms with Gasteiger partial charge in [-0.1, -0.05) is 60.1 Å². The van der Waals surface area contributed by atoms with Crippen molar-refractivity contribution in [1.82, 2.24) is 0 Å². The molecule has 0 amide bonds. The molecule has 3 aromatic carbocycles. The van der Waals surface area contributed by atoms with Gasteiger partial charge in [-0.15, -0.1) is 0 Å². The molecule has 4 rings (SSSR count). The van der Waals surface area contributed by atoms with Crippen molar-refractivity contribution >= 4 is 28.3 Å². The topological polar surface area (TPSA) is 25.5 Å². The average Bonchev–Trinajstić information content (AvgIpc) is 2.64. The Hall–Kier alpha value is -2.84. The number of nitrogens with zero attached hydrogens (tertiary/aromatic N) is 1. The van der Waals surface area contributed by atoms with Crippen molar-refractivity contribution in [2.45, 2.75) is 0 Å². The molecule has 2 nitrogen and oxygen atoms in total. The lowest BCUT2D eigenvalue weighted by atomic mass is 10.1. The van der Waals surface area contributed by atoms with E-state index < -0.39 is 0 Å². The zero-order valence-corrected chi connectivity index (χ0v) is 13.6. The molecule has 0 aliphatic carbocycles. The van der Waals surface area contributed by atoms with Crippen LogP contribution in [0.5, 0.6) is 0 Å². The third-order valence-electron chi connectivity index (χ3n) is 3.80. The molecule has 0 aliphatic heterocycles. The summed E-state index contributed by atoms with van der Waals surface area (Å²) < 4.78 is 6.08. The number of halogens is 1. The molecule has 24 heavy (non-hydrogen) atoms. The lowest BCUT2D eigenvalue weighted by Gasteiger charge is -2.05. The Balaban J connectivity index is 2.00. The first-order chi connectivity index (χ1) is 11.8. The Kier molecular flexibility index (Phi) is 3.89. The van der Waals surface area contributed by atoms with E-state index in [2.05, 4.69) is 23.2 Å². The van der Waals surface area contributed by atoms with Crippen molar-refractivity contribution in [3.63, 3.8) is 0 Å². The van der Waals surface area contributed by atoms with Gasteiger partial charge in [0.1, 0.15) is 5.58 Å². The van der Waals surface area contributed by atoms with Crippen LogP contribution >= 0.6 is 11.6 Å². The van der Waals surface area contributed by atoms with Gasteiger partial charge in [-0.2, -0.15) is 0 Å². The van der Waals surface area contributed by atoms with E-state index in [9.17, 15) is 0 Å². The molecule has 0 spiro atoms. The molecule has 1 heterocycles. The Morgan fingerprint density at radius 3 is 2.25 bits per heavy atom. The van der Waals surface area contributed by atoms with Crippen molar-refractivity contribution in [2.24, 2.45) is 4.99 Å². The summed E-state index contributed by atoms with van der Waals surface area (Å²) in [4.78, 5) is 4.68. The summed E-state index contributed by atoms with van der Waals surface area (Å²) in [5.74, 6) is 0. The standard InChI is InChI=1S/C21H14ClNO/c22-17-10-12-18(13-11-17)23-21-19(15-6-2-1-3-7-15)14-16-8-4-5-9-20(16)24-21/h1-14H. The first kappa shape index (κ1) is 14.7. The molecule has 4 aromatic rings. The highest BCUT2D eigenvalue weighted by Gasteiger charge is 2.06. The Labute approximate surface area is 144 Å². The van der Waals surface area contributed by atoms with Crippen molar-refractivity contribution < 1.29 is 4.42 Å². The van der Waals surface area contributed by atoms with Crippen molar-refractivity contribution in [3.05, 3.63) is 95.5 Å². The second-order valence-electron chi connectivity index (χ2n) is 5.46. The van der Waals surface area contributed by atoms with Crippen LogP contribution in [0.1, 0.15) is 0 Å². The quantitative estimate of drug-likeness (QED) is 0.443. The molecule has 1 aromatic heterocycles. The van der Waals surface area contributed by atoms with E-state index in [0.29, 0.717) is 10.6 Å². The van der Waals surface area contributed by atoms with Gasteiger partial charge in [0, 0.05) is 16.0 Å². The van der Waals surface area contributed by atoms with E-state index >= 15 is 0 Å². The molecule has 0 atom stereocenters. The summed E-state index contributed by atoms with van der Waals surface area (Å²) >= 11 is 5.95. The van der Waals surface area contributed by atoms with Crippen molar-refractivity contribution in [3.8, 4) is 11.1 Å². The molecular weight excluding hydrogens is 318 g/mol. The van der Waals surface area contributed by atoms with Crippen LogP contribution in [0.25, 0.3) is 22.1 Å². The van der Waals surface area contributed by atoms with Crippen LogP contribution < -0.4 is 5.55 Å². The summed E-state index contributed by atoms with van der Waals surface area (Å²) in [6.45, 7) is 0. The van der Waals surface area contributed by atoms with Gasteiger partial charge < -0.3 is 4.42 Å². The molecule has 0 fully saturated rings. The zero-order valence-electron chi connectivity index (χ0n) is 12.8. The molecule has 0 saturated heterocycles. The Morgan fingerprint density at radius 1 is 0.750 bits per heavy atom. The van der Waals surface area contributed by atoms with Gasteiger partial charge in [-0.3, -0.25) is 0 Å². The second kappa shape index (κ2) is 6.34. The fraction of sp³-hybridized carbons (Fsp3) is 0. The minimum Gasteiger partial charge on any atom is -0.438 e. The van der Waals surface area contributed by atoms with E-state index in [-0.39, 0.29) is 0 Å². The summed E-state index contributed by atoms with van der Waals surface area (Å²) in [7, 11) is 0. The maximum Gasteiger partial charge on any atom is 0.227 e. The second-order valence-corrected chi connectivity index (χ2v) is 5.89. The molecule has 0 unspecified atom stereocenters. The fourth-order valence-electron chi connectivity index (χ4n) is 2.61. The summed E-state index contributed by atoms with van der Waals surface area (Å²) in [5, 5.41) is 1.74. The third kappa shape index (κ3) is 2.97. The molecule has 0 saturated carbocycles. The van der Waals surface area contributed by atoms with Gasteiger partial charge in [-0.25, -0.2) is 4.99 Å². The molecule has 0 N–H and O–H groups in total. The Morgan fingerprint density at radius 2 is 1.46 bits per heavy atom.